The van der Waals surface area contributed by atoms with Crippen LogP contribution in [0.2, 0.25) is 0 Å². The van der Waals surface area contributed by atoms with Crippen molar-refractivity contribution in [2.24, 2.45) is 0 Å². The Bertz CT molecular complexity index is 616. The van der Waals surface area contributed by atoms with Crippen molar-refractivity contribution in [2.45, 2.75) is 32.2 Å². The second-order valence-electron chi connectivity index (χ2n) is 5.57. The van der Waals surface area contributed by atoms with Crippen LogP contribution in [0.1, 0.15) is 31.2 Å². The Morgan fingerprint density at radius 2 is 2.23 bits per heavy atom. The molecule has 1 N–H and O–H groups in total. The highest BCUT2D eigenvalue weighted by Crippen LogP contribution is 2.18. The van der Waals surface area contributed by atoms with Gasteiger partial charge in [0.15, 0.2) is 0 Å². The molecule has 2 heterocycles. The zero-order valence-corrected chi connectivity index (χ0v) is 12.8. The van der Waals surface area contributed by atoms with Gasteiger partial charge in [0.25, 0.3) is 0 Å². The summed E-state index contributed by atoms with van der Waals surface area (Å²) in [5.74, 6) is 0.172. The van der Waals surface area contributed by atoms with E-state index in [4.69, 9.17) is 4.42 Å². The molecule has 1 unspecified atom stereocenters. The van der Waals surface area contributed by atoms with E-state index < -0.39 is 0 Å². The molecular formula is C16H21FN4O. The molecule has 1 aliphatic rings. The molecule has 0 aliphatic carbocycles. The molecule has 118 valence electrons. The second kappa shape index (κ2) is 6.87. The maximum Gasteiger partial charge on any atom is 0.315 e. The second-order valence-corrected chi connectivity index (χ2v) is 5.57. The van der Waals surface area contributed by atoms with Crippen LogP contribution in [0.25, 0.3) is 0 Å². The number of benzene rings is 1. The molecular weight excluding hydrogens is 283 g/mol. The quantitative estimate of drug-likeness (QED) is 0.889. The number of aromatic nitrogens is 2. The summed E-state index contributed by atoms with van der Waals surface area (Å²) in [5, 5.41) is 11.2. The molecule has 1 aliphatic heterocycles. The molecule has 0 spiro atoms. The zero-order valence-electron chi connectivity index (χ0n) is 12.8. The Morgan fingerprint density at radius 3 is 3.05 bits per heavy atom. The summed E-state index contributed by atoms with van der Waals surface area (Å²) in [7, 11) is 0. The molecule has 6 heteroatoms. The van der Waals surface area contributed by atoms with Crippen LogP contribution in [0, 0.1) is 5.82 Å². The van der Waals surface area contributed by atoms with Crippen LogP contribution >= 0.6 is 0 Å². The molecule has 5 nitrogen and oxygen atoms in total. The summed E-state index contributed by atoms with van der Waals surface area (Å²) in [6.07, 6.45) is 2.74. The number of hydrogen-bond acceptors (Lipinski definition) is 5. The number of nitrogens with one attached hydrogen (secondary N) is 1. The summed E-state index contributed by atoms with van der Waals surface area (Å²) >= 11 is 0. The SMILES string of the molecule is CCN1CCCC1CNc1nnc(Cc2ccccc2F)o1. The van der Waals surface area contributed by atoms with E-state index in [1.54, 1.807) is 18.2 Å². The molecule has 2 aromatic rings. The number of hydrogen-bond donors (Lipinski definition) is 1. The van der Waals surface area contributed by atoms with Crippen molar-refractivity contribution in [3.05, 3.63) is 41.5 Å². The number of likely N-dealkylation sites (N-methyl/N-ethyl adjacent to an activating group) is 1. The van der Waals surface area contributed by atoms with Crippen molar-refractivity contribution in [1.82, 2.24) is 15.1 Å². The van der Waals surface area contributed by atoms with E-state index in [1.807, 2.05) is 0 Å². The lowest BCUT2D eigenvalue weighted by Gasteiger charge is -2.22. The minimum atomic E-state index is -0.250. The first kappa shape index (κ1) is 15.0. The molecule has 1 aromatic carbocycles. The number of nitrogens with zero attached hydrogens (tertiary/aromatic N) is 3. The molecule has 0 radical (unpaired) electrons. The fourth-order valence-electron chi connectivity index (χ4n) is 2.95. The number of anilines is 1. The van der Waals surface area contributed by atoms with E-state index in [0.717, 1.165) is 19.6 Å². The predicted octanol–water partition coefficient (Wildman–Crippen LogP) is 2.70. The number of halogens is 1. The Balaban J connectivity index is 1.56. The maximum absolute atomic E-state index is 13.6. The highest BCUT2D eigenvalue weighted by molar-refractivity contribution is 5.22. The van der Waals surface area contributed by atoms with E-state index in [9.17, 15) is 4.39 Å². The van der Waals surface area contributed by atoms with Crippen molar-refractivity contribution < 1.29 is 8.81 Å². The fraction of sp³-hybridized carbons (Fsp3) is 0.500. The monoisotopic (exact) mass is 304 g/mol. The van der Waals surface area contributed by atoms with Gasteiger partial charge in [-0.05, 0) is 37.6 Å². The lowest BCUT2D eigenvalue weighted by atomic mass is 10.1. The van der Waals surface area contributed by atoms with E-state index in [1.165, 1.54) is 18.9 Å². The van der Waals surface area contributed by atoms with Gasteiger partial charge in [0.05, 0.1) is 6.42 Å². The van der Waals surface area contributed by atoms with Crippen LogP contribution in [0.4, 0.5) is 10.4 Å². The summed E-state index contributed by atoms with van der Waals surface area (Å²) in [4.78, 5) is 2.45. The lowest BCUT2D eigenvalue weighted by molar-refractivity contribution is 0.276. The van der Waals surface area contributed by atoms with Crippen LogP contribution in [-0.2, 0) is 6.42 Å². The largest absolute Gasteiger partial charge is 0.408 e. The summed E-state index contributed by atoms with van der Waals surface area (Å²) in [6, 6.07) is 7.56. The van der Waals surface area contributed by atoms with E-state index in [0.29, 0.717) is 29.9 Å². The van der Waals surface area contributed by atoms with Gasteiger partial charge < -0.3 is 9.73 Å². The maximum atomic E-state index is 13.6. The van der Waals surface area contributed by atoms with Gasteiger partial charge >= 0.3 is 6.01 Å². The van der Waals surface area contributed by atoms with Crippen LogP contribution < -0.4 is 5.32 Å². The Kier molecular flexibility index (Phi) is 4.68. The van der Waals surface area contributed by atoms with Gasteiger partial charge in [-0.1, -0.05) is 30.2 Å². The minimum absolute atomic E-state index is 0.250. The fourth-order valence-corrected chi connectivity index (χ4v) is 2.95. The van der Waals surface area contributed by atoms with Crippen molar-refractivity contribution in [1.29, 1.82) is 0 Å². The smallest absolute Gasteiger partial charge is 0.315 e. The topological polar surface area (TPSA) is 54.2 Å². The third-order valence-electron chi connectivity index (χ3n) is 4.16. The molecule has 1 aromatic heterocycles. The highest BCUT2D eigenvalue weighted by atomic mass is 19.1. The predicted molar refractivity (Wildman–Crippen MR) is 82.3 cm³/mol. The Hall–Kier alpha value is -1.95. The first-order chi connectivity index (χ1) is 10.8. The molecule has 0 amide bonds. The van der Waals surface area contributed by atoms with Crippen LogP contribution in [0.15, 0.2) is 28.7 Å². The highest BCUT2D eigenvalue weighted by Gasteiger charge is 2.23. The third-order valence-corrected chi connectivity index (χ3v) is 4.16. The van der Waals surface area contributed by atoms with Gasteiger partial charge in [0.2, 0.25) is 5.89 Å². The van der Waals surface area contributed by atoms with Gasteiger partial charge in [-0.2, -0.15) is 0 Å². The third kappa shape index (κ3) is 3.44. The number of rotatable bonds is 6. The van der Waals surface area contributed by atoms with Gasteiger partial charge in [-0.25, -0.2) is 4.39 Å². The summed E-state index contributed by atoms with van der Waals surface area (Å²) in [5.41, 5.74) is 0.561. The van der Waals surface area contributed by atoms with Crippen molar-refractivity contribution in [3.8, 4) is 0 Å². The van der Waals surface area contributed by atoms with Gasteiger partial charge in [-0.15, -0.1) is 5.10 Å². The van der Waals surface area contributed by atoms with E-state index in [-0.39, 0.29) is 5.82 Å². The average molecular weight is 304 g/mol. The Labute approximate surface area is 129 Å². The minimum Gasteiger partial charge on any atom is -0.408 e. The van der Waals surface area contributed by atoms with Gasteiger partial charge in [-0.3, -0.25) is 4.90 Å². The van der Waals surface area contributed by atoms with Crippen molar-refractivity contribution in [3.63, 3.8) is 0 Å². The van der Waals surface area contributed by atoms with Crippen LogP contribution in [0.5, 0.6) is 0 Å². The molecule has 0 saturated carbocycles. The molecule has 0 bridgehead atoms. The van der Waals surface area contributed by atoms with E-state index in [2.05, 4.69) is 27.3 Å². The van der Waals surface area contributed by atoms with Gasteiger partial charge in [0.1, 0.15) is 5.82 Å². The first-order valence-corrected chi connectivity index (χ1v) is 7.80. The van der Waals surface area contributed by atoms with Crippen LogP contribution in [0.3, 0.4) is 0 Å². The molecule has 22 heavy (non-hydrogen) atoms. The summed E-state index contributed by atoms with van der Waals surface area (Å²) < 4.78 is 19.2. The first-order valence-electron chi connectivity index (χ1n) is 7.80. The molecule has 1 saturated heterocycles. The molecule has 3 rings (SSSR count). The number of likely N-dealkylation sites (tertiary alicyclic amines) is 1. The standard InChI is InChI=1S/C16H21FN4O/c1-2-21-9-5-7-13(21)11-18-16-20-19-15(22-16)10-12-6-3-4-8-14(12)17/h3-4,6,8,13H,2,5,7,9-11H2,1H3,(H,18,20). The Morgan fingerprint density at radius 1 is 1.36 bits per heavy atom. The molecule has 1 fully saturated rings. The average Bonchev–Trinajstić information content (AvgIpc) is 3.16. The van der Waals surface area contributed by atoms with E-state index >= 15 is 0 Å². The van der Waals surface area contributed by atoms with Gasteiger partial charge in [0, 0.05) is 12.6 Å². The van der Waals surface area contributed by atoms with Crippen molar-refractivity contribution >= 4 is 6.01 Å². The molecule has 1 atom stereocenters. The lowest BCUT2D eigenvalue weighted by Crippen LogP contribution is -2.34. The van der Waals surface area contributed by atoms with Crippen molar-refractivity contribution in [2.75, 3.05) is 25.0 Å². The normalized spacial score (nSPS) is 18.7. The zero-order chi connectivity index (χ0) is 15.4. The summed E-state index contributed by atoms with van der Waals surface area (Å²) in [6.45, 7) is 5.20. The van der Waals surface area contributed by atoms with Crippen LogP contribution in [-0.4, -0.2) is 40.8 Å².